The van der Waals surface area contributed by atoms with Crippen molar-refractivity contribution in [2.24, 2.45) is 0 Å². The smallest absolute Gasteiger partial charge is 0.143 e. The van der Waals surface area contributed by atoms with Crippen molar-refractivity contribution in [3.05, 3.63) is 152 Å². The third kappa shape index (κ3) is 3.20. The van der Waals surface area contributed by atoms with Crippen LogP contribution in [0, 0.1) is 0 Å². The molecular weight excluding hydrogens is 534 g/mol. The second-order valence-electron chi connectivity index (χ2n) is 11.7. The monoisotopic (exact) mass is 559 g/mol. The topological polar surface area (TPSA) is 18.1 Å². The summed E-state index contributed by atoms with van der Waals surface area (Å²) in [7, 11) is 0. The van der Waals surface area contributed by atoms with Crippen molar-refractivity contribution in [1.82, 2.24) is 4.57 Å². The van der Waals surface area contributed by atoms with Gasteiger partial charge in [-0.3, -0.25) is 0 Å². The van der Waals surface area contributed by atoms with Crippen LogP contribution in [0.2, 0.25) is 0 Å². The van der Waals surface area contributed by atoms with Gasteiger partial charge in [-0.05, 0) is 74.3 Å². The fraction of sp³-hybridized carbons (Fsp3) is 0. The van der Waals surface area contributed by atoms with Crippen molar-refractivity contribution in [3.8, 4) is 16.8 Å². The molecule has 0 bridgehead atoms. The zero-order chi connectivity index (χ0) is 28.8. The molecule has 0 atom stereocenters. The van der Waals surface area contributed by atoms with Crippen LogP contribution in [-0.4, -0.2) is 4.57 Å². The van der Waals surface area contributed by atoms with E-state index in [1.54, 1.807) is 0 Å². The normalized spacial score (nSPS) is 12.1. The molecule has 0 unspecified atom stereocenters. The summed E-state index contributed by atoms with van der Waals surface area (Å²) in [5.41, 5.74) is 7.68. The number of nitrogens with zero attached hydrogens (tertiary/aromatic N) is 1. The van der Waals surface area contributed by atoms with E-state index in [2.05, 4.69) is 144 Å². The van der Waals surface area contributed by atoms with Crippen LogP contribution in [0.5, 0.6) is 0 Å². The Morgan fingerprint density at radius 2 is 0.955 bits per heavy atom. The number of furan rings is 1. The van der Waals surface area contributed by atoms with Crippen LogP contribution < -0.4 is 0 Å². The number of hydrogen-bond acceptors (Lipinski definition) is 1. The van der Waals surface area contributed by atoms with Crippen LogP contribution in [0.4, 0.5) is 0 Å². The van der Waals surface area contributed by atoms with Gasteiger partial charge < -0.3 is 8.98 Å². The van der Waals surface area contributed by atoms with E-state index >= 15 is 0 Å². The van der Waals surface area contributed by atoms with Crippen LogP contribution in [0.15, 0.2) is 156 Å². The molecule has 44 heavy (non-hydrogen) atoms. The van der Waals surface area contributed by atoms with Gasteiger partial charge in [0.1, 0.15) is 11.2 Å². The minimum Gasteiger partial charge on any atom is -0.455 e. The average Bonchev–Trinajstić information content (AvgIpc) is 3.64. The molecule has 8 aromatic carbocycles. The summed E-state index contributed by atoms with van der Waals surface area (Å²) in [6.07, 6.45) is 0. The molecule has 10 aromatic rings. The van der Waals surface area contributed by atoms with E-state index in [1.165, 1.54) is 54.1 Å². The van der Waals surface area contributed by atoms with E-state index < -0.39 is 0 Å². The first-order chi connectivity index (χ1) is 21.8. The lowest BCUT2D eigenvalue weighted by Gasteiger charge is -2.14. The van der Waals surface area contributed by atoms with E-state index in [4.69, 9.17) is 4.42 Å². The van der Waals surface area contributed by atoms with Gasteiger partial charge in [0, 0.05) is 32.8 Å². The van der Waals surface area contributed by atoms with Crippen molar-refractivity contribution in [3.63, 3.8) is 0 Å². The Morgan fingerprint density at radius 1 is 0.364 bits per heavy atom. The lowest BCUT2D eigenvalue weighted by atomic mass is 9.94. The molecule has 0 radical (unpaired) electrons. The minimum atomic E-state index is 0.921. The zero-order valence-electron chi connectivity index (χ0n) is 23.8. The van der Waals surface area contributed by atoms with Gasteiger partial charge in [-0.1, -0.05) is 115 Å². The molecule has 0 aliphatic carbocycles. The number of para-hydroxylation sites is 3. The Labute approximate surface area is 253 Å². The SMILES string of the molecule is c1ccc2c(c1)oc1c(-c3ccc4c(c3)c3ccccc3n4-c3ccc4c5ccccc5c5ccccc5c4c3)cccc12. The Bertz CT molecular complexity index is 2740. The number of hydrogen-bond donors (Lipinski definition) is 0. The summed E-state index contributed by atoms with van der Waals surface area (Å²) in [6.45, 7) is 0. The molecular formula is C42H25NO. The number of fused-ring (bicyclic) bond motifs is 12. The number of rotatable bonds is 2. The molecule has 2 aromatic heterocycles. The molecule has 204 valence electrons. The van der Waals surface area contributed by atoms with Crippen molar-refractivity contribution in [2.75, 3.05) is 0 Å². The zero-order valence-corrected chi connectivity index (χ0v) is 23.8. The Hall–Kier alpha value is -5.86. The van der Waals surface area contributed by atoms with E-state index in [9.17, 15) is 0 Å². The van der Waals surface area contributed by atoms with Crippen molar-refractivity contribution < 1.29 is 4.42 Å². The van der Waals surface area contributed by atoms with E-state index in [-0.39, 0.29) is 0 Å². The summed E-state index contributed by atoms with van der Waals surface area (Å²) in [5.74, 6) is 0. The van der Waals surface area contributed by atoms with Crippen LogP contribution in [0.3, 0.4) is 0 Å². The third-order valence-electron chi connectivity index (χ3n) is 9.37. The number of aromatic nitrogens is 1. The van der Waals surface area contributed by atoms with Gasteiger partial charge in [-0.15, -0.1) is 0 Å². The van der Waals surface area contributed by atoms with Crippen LogP contribution in [-0.2, 0) is 0 Å². The first kappa shape index (κ1) is 23.7. The highest BCUT2D eigenvalue weighted by atomic mass is 16.3. The summed E-state index contributed by atoms with van der Waals surface area (Å²) in [4.78, 5) is 0. The maximum absolute atomic E-state index is 6.41. The molecule has 2 heteroatoms. The first-order valence-corrected chi connectivity index (χ1v) is 15.1. The summed E-state index contributed by atoms with van der Waals surface area (Å²) in [6, 6.07) is 54.8. The average molecular weight is 560 g/mol. The summed E-state index contributed by atoms with van der Waals surface area (Å²) in [5, 5.41) is 12.5. The van der Waals surface area contributed by atoms with Gasteiger partial charge in [-0.25, -0.2) is 0 Å². The molecule has 0 amide bonds. The Balaban J connectivity index is 1.24. The highest BCUT2D eigenvalue weighted by molar-refractivity contribution is 6.25. The van der Waals surface area contributed by atoms with Gasteiger partial charge in [0.25, 0.3) is 0 Å². The van der Waals surface area contributed by atoms with Gasteiger partial charge in [0.2, 0.25) is 0 Å². The Morgan fingerprint density at radius 3 is 1.73 bits per heavy atom. The van der Waals surface area contributed by atoms with Gasteiger partial charge in [0.05, 0.1) is 11.0 Å². The molecule has 0 spiro atoms. The number of benzene rings is 8. The maximum atomic E-state index is 6.41. The molecule has 0 saturated heterocycles. The molecule has 0 fully saturated rings. The van der Waals surface area contributed by atoms with Gasteiger partial charge in [-0.2, -0.15) is 0 Å². The van der Waals surface area contributed by atoms with E-state index in [0.717, 1.165) is 38.8 Å². The highest BCUT2D eigenvalue weighted by Crippen LogP contribution is 2.41. The van der Waals surface area contributed by atoms with Crippen molar-refractivity contribution in [2.45, 2.75) is 0 Å². The molecule has 2 heterocycles. The van der Waals surface area contributed by atoms with Crippen LogP contribution >= 0.6 is 0 Å². The van der Waals surface area contributed by atoms with E-state index in [0.29, 0.717) is 0 Å². The van der Waals surface area contributed by atoms with Crippen LogP contribution in [0.1, 0.15) is 0 Å². The molecule has 2 nitrogen and oxygen atoms in total. The minimum absolute atomic E-state index is 0.921. The molecule has 0 N–H and O–H groups in total. The van der Waals surface area contributed by atoms with Crippen molar-refractivity contribution >= 4 is 76.1 Å². The fourth-order valence-corrected chi connectivity index (χ4v) is 7.43. The standard InChI is InChI=1S/C42H25NO/c1-2-12-31-29(10-1)30-11-3-4-13-32(30)37-25-27(21-22-33(31)37)43-39-18-7-5-14-34(39)38-24-26(20-23-40(38)43)28-16-9-17-36-35-15-6-8-19-41(35)44-42(28)36/h1-25H. The third-order valence-corrected chi connectivity index (χ3v) is 9.37. The van der Waals surface area contributed by atoms with E-state index in [1.807, 2.05) is 12.1 Å². The largest absolute Gasteiger partial charge is 0.455 e. The predicted molar refractivity (Wildman–Crippen MR) is 186 cm³/mol. The second kappa shape index (κ2) is 8.82. The van der Waals surface area contributed by atoms with Crippen molar-refractivity contribution in [1.29, 1.82) is 0 Å². The maximum Gasteiger partial charge on any atom is 0.143 e. The van der Waals surface area contributed by atoms with Crippen LogP contribution in [0.25, 0.3) is 92.9 Å². The Kier molecular flexibility index (Phi) is 4.75. The second-order valence-corrected chi connectivity index (χ2v) is 11.7. The highest BCUT2D eigenvalue weighted by Gasteiger charge is 2.17. The molecule has 0 saturated carbocycles. The lowest BCUT2D eigenvalue weighted by Crippen LogP contribution is -1.94. The quantitative estimate of drug-likeness (QED) is 0.193. The summed E-state index contributed by atoms with van der Waals surface area (Å²) >= 11 is 0. The molecule has 0 aliphatic rings. The summed E-state index contributed by atoms with van der Waals surface area (Å²) < 4.78 is 8.83. The lowest BCUT2D eigenvalue weighted by molar-refractivity contribution is 0.670. The molecule has 10 rings (SSSR count). The fourth-order valence-electron chi connectivity index (χ4n) is 7.43. The first-order valence-electron chi connectivity index (χ1n) is 15.1. The van der Waals surface area contributed by atoms with Gasteiger partial charge in [0.15, 0.2) is 0 Å². The predicted octanol–water partition coefficient (Wildman–Crippen LogP) is 11.8. The molecule has 0 aliphatic heterocycles. The van der Waals surface area contributed by atoms with Gasteiger partial charge >= 0.3 is 0 Å².